The van der Waals surface area contributed by atoms with E-state index >= 15 is 0 Å². The Kier molecular flexibility index (Phi) is 3.56. The van der Waals surface area contributed by atoms with Crippen molar-refractivity contribution in [2.45, 2.75) is 26.7 Å². The lowest BCUT2D eigenvalue weighted by Crippen LogP contribution is -1.95. The summed E-state index contributed by atoms with van der Waals surface area (Å²) in [4.78, 5) is 4.41. The van der Waals surface area contributed by atoms with Crippen LogP contribution in [0.5, 0.6) is 5.75 Å². The van der Waals surface area contributed by atoms with Gasteiger partial charge in [0.2, 0.25) is 0 Å². The van der Waals surface area contributed by atoms with E-state index in [1.165, 1.54) is 7.11 Å². The highest BCUT2D eigenvalue weighted by Crippen LogP contribution is 2.30. The molecule has 0 fully saturated rings. The Hall–Kier alpha value is -2.43. The molecule has 114 valence electrons. The number of pyridine rings is 1. The van der Waals surface area contributed by atoms with Crippen LogP contribution >= 0.6 is 0 Å². The van der Waals surface area contributed by atoms with Crippen LogP contribution in [0.15, 0.2) is 28.8 Å². The molecule has 0 aliphatic rings. The van der Waals surface area contributed by atoms with Gasteiger partial charge in [0.05, 0.1) is 12.8 Å². The zero-order valence-corrected chi connectivity index (χ0v) is 13.0. The van der Waals surface area contributed by atoms with Crippen LogP contribution < -0.4 is 4.74 Å². The summed E-state index contributed by atoms with van der Waals surface area (Å²) >= 11 is 0. The molecule has 3 aromatic rings. The Labute approximate surface area is 127 Å². The highest BCUT2D eigenvalue weighted by Gasteiger charge is 2.15. The maximum atomic E-state index is 14.4. The van der Waals surface area contributed by atoms with Crippen LogP contribution in [-0.4, -0.2) is 17.3 Å². The Morgan fingerprint density at radius 2 is 1.95 bits per heavy atom. The van der Waals surface area contributed by atoms with Crippen molar-refractivity contribution in [2.24, 2.45) is 0 Å². The van der Waals surface area contributed by atoms with Crippen LogP contribution in [0.4, 0.5) is 4.39 Å². The average Bonchev–Trinajstić information content (AvgIpc) is 2.98. The molecule has 0 N–H and O–H groups in total. The molecule has 22 heavy (non-hydrogen) atoms. The van der Waals surface area contributed by atoms with Crippen LogP contribution in [0.1, 0.15) is 31.1 Å². The van der Waals surface area contributed by atoms with E-state index in [0.29, 0.717) is 11.4 Å². The van der Waals surface area contributed by atoms with Gasteiger partial charge in [-0.3, -0.25) is 0 Å². The number of aryl methyl sites for hydroxylation is 1. The summed E-state index contributed by atoms with van der Waals surface area (Å²) in [5.41, 5.74) is 2.41. The fraction of sp³-hybridized carbons (Fsp3) is 0.294. The number of ether oxygens (including phenoxy) is 1. The molecule has 0 unspecified atom stereocenters. The topological polar surface area (TPSA) is 48.2 Å². The van der Waals surface area contributed by atoms with Crippen molar-refractivity contribution >= 4 is 10.9 Å². The lowest BCUT2D eigenvalue weighted by Gasteiger charge is -2.08. The van der Waals surface area contributed by atoms with Gasteiger partial charge in [-0.25, -0.2) is 9.37 Å². The van der Waals surface area contributed by atoms with Crippen LogP contribution in [0.2, 0.25) is 0 Å². The fourth-order valence-corrected chi connectivity index (χ4v) is 2.38. The van der Waals surface area contributed by atoms with Crippen LogP contribution in [0.25, 0.3) is 22.3 Å². The number of benzene rings is 1. The van der Waals surface area contributed by atoms with E-state index in [4.69, 9.17) is 9.26 Å². The summed E-state index contributed by atoms with van der Waals surface area (Å²) in [6, 6.07) is 7.15. The van der Waals surface area contributed by atoms with Gasteiger partial charge in [0.15, 0.2) is 11.6 Å². The van der Waals surface area contributed by atoms with Gasteiger partial charge in [-0.1, -0.05) is 19.0 Å². The van der Waals surface area contributed by atoms with Gasteiger partial charge < -0.3 is 9.26 Å². The van der Waals surface area contributed by atoms with Crippen molar-refractivity contribution in [1.82, 2.24) is 10.1 Å². The smallest absolute Gasteiger partial charge is 0.191 e. The number of fused-ring (bicyclic) bond motifs is 1. The van der Waals surface area contributed by atoms with Gasteiger partial charge in [0, 0.05) is 17.4 Å². The van der Waals surface area contributed by atoms with Gasteiger partial charge in [0.25, 0.3) is 0 Å². The maximum Gasteiger partial charge on any atom is 0.191 e. The number of aromatic nitrogens is 2. The summed E-state index contributed by atoms with van der Waals surface area (Å²) in [5.74, 6) is 0.734. The van der Waals surface area contributed by atoms with Crippen molar-refractivity contribution in [1.29, 1.82) is 0 Å². The molecule has 0 aliphatic carbocycles. The molecule has 0 atom stereocenters. The van der Waals surface area contributed by atoms with E-state index in [9.17, 15) is 4.39 Å². The number of methoxy groups -OCH3 is 1. The first-order valence-electron chi connectivity index (χ1n) is 7.12. The Morgan fingerprint density at radius 3 is 2.59 bits per heavy atom. The van der Waals surface area contributed by atoms with Crippen molar-refractivity contribution in [3.63, 3.8) is 0 Å². The number of hydrogen-bond donors (Lipinski definition) is 0. The minimum Gasteiger partial charge on any atom is -0.494 e. The van der Waals surface area contributed by atoms with Gasteiger partial charge in [0.1, 0.15) is 17.0 Å². The van der Waals surface area contributed by atoms with Crippen molar-refractivity contribution in [3.05, 3.63) is 41.4 Å². The summed E-state index contributed by atoms with van der Waals surface area (Å²) in [6.45, 7) is 5.96. The molecule has 0 spiro atoms. The minimum atomic E-state index is -0.461. The molecule has 0 bridgehead atoms. The molecular formula is C17H17FN2O2. The minimum absolute atomic E-state index is 0.180. The predicted octanol–water partition coefficient (Wildman–Crippen LogP) is 4.47. The first-order chi connectivity index (χ1) is 10.5. The molecule has 1 aromatic carbocycles. The average molecular weight is 300 g/mol. The monoisotopic (exact) mass is 300 g/mol. The summed E-state index contributed by atoms with van der Waals surface area (Å²) in [5, 5.41) is 4.80. The van der Waals surface area contributed by atoms with Gasteiger partial charge in [-0.05, 0) is 30.7 Å². The molecule has 4 nitrogen and oxygen atoms in total. The van der Waals surface area contributed by atoms with Crippen LogP contribution in [-0.2, 0) is 0 Å². The second-order valence-corrected chi connectivity index (χ2v) is 5.57. The van der Waals surface area contributed by atoms with Gasteiger partial charge in [-0.2, -0.15) is 0 Å². The molecular weight excluding hydrogens is 283 g/mol. The zero-order valence-electron chi connectivity index (χ0n) is 13.0. The number of halogens is 1. The number of nitrogens with zero attached hydrogens (tertiary/aromatic N) is 2. The van der Waals surface area contributed by atoms with Gasteiger partial charge in [-0.15, -0.1) is 0 Å². The highest BCUT2D eigenvalue weighted by molar-refractivity contribution is 5.86. The zero-order chi connectivity index (χ0) is 15.9. The molecule has 0 aliphatic heterocycles. The van der Waals surface area contributed by atoms with E-state index in [1.54, 1.807) is 6.07 Å². The molecule has 2 heterocycles. The molecule has 5 heteroatoms. The third kappa shape index (κ3) is 2.32. The lowest BCUT2D eigenvalue weighted by molar-refractivity contribution is 0.373. The quantitative estimate of drug-likeness (QED) is 0.716. The van der Waals surface area contributed by atoms with E-state index in [2.05, 4.69) is 10.1 Å². The second-order valence-electron chi connectivity index (χ2n) is 5.57. The fourth-order valence-electron chi connectivity index (χ4n) is 2.38. The Bertz CT molecular complexity index is 840. The SMILES string of the molecule is COc1ccc2c(C)cc(-c3cc(C(C)C)on3)nc2c1F. The molecule has 0 saturated heterocycles. The Balaban J connectivity index is 2.20. The first-order valence-corrected chi connectivity index (χ1v) is 7.12. The summed E-state index contributed by atoms with van der Waals surface area (Å²) in [7, 11) is 1.44. The van der Waals surface area contributed by atoms with E-state index in [0.717, 1.165) is 16.7 Å². The standard InChI is InChI=1S/C17H17FN2O2/c1-9(2)15-8-13(20-22-15)12-7-10(3)11-5-6-14(21-4)16(18)17(11)19-12/h5-9H,1-4H3. The van der Waals surface area contributed by atoms with Crippen molar-refractivity contribution in [2.75, 3.05) is 7.11 Å². The first kappa shape index (κ1) is 14.5. The van der Waals surface area contributed by atoms with E-state index < -0.39 is 5.82 Å². The third-order valence-electron chi connectivity index (χ3n) is 3.67. The highest BCUT2D eigenvalue weighted by atomic mass is 19.1. The molecule has 0 saturated carbocycles. The molecule has 3 rings (SSSR count). The normalized spacial score (nSPS) is 11.4. The van der Waals surface area contributed by atoms with Crippen LogP contribution in [0.3, 0.4) is 0 Å². The summed E-state index contributed by atoms with van der Waals surface area (Å²) < 4.78 is 24.8. The van der Waals surface area contributed by atoms with E-state index in [1.807, 2.05) is 39.0 Å². The number of rotatable bonds is 3. The van der Waals surface area contributed by atoms with Gasteiger partial charge >= 0.3 is 0 Å². The third-order valence-corrected chi connectivity index (χ3v) is 3.67. The maximum absolute atomic E-state index is 14.4. The molecule has 0 amide bonds. The number of hydrogen-bond acceptors (Lipinski definition) is 4. The van der Waals surface area contributed by atoms with E-state index in [-0.39, 0.29) is 17.2 Å². The predicted molar refractivity (Wildman–Crippen MR) is 82.6 cm³/mol. The molecule has 0 radical (unpaired) electrons. The Morgan fingerprint density at radius 1 is 1.18 bits per heavy atom. The van der Waals surface area contributed by atoms with Crippen molar-refractivity contribution < 1.29 is 13.7 Å². The van der Waals surface area contributed by atoms with Crippen molar-refractivity contribution in [3.8, 4) is 17.1 Å². The van der Waals surface area contributed by atoms with Crippen LogP contribution in [0, 0.1) is 12.7 Å². The lowest BCUT2D eigenvalue weighted by atomic mass is 10.1. The second kappa shape index (κ2) is 5.40. The molecule has 2 aromatic heterocycles. The largest absolute Gasteiger partial charge is 0.494 e. The summed E-state index contributed by atoms with van der Waals surface area (Å²) in [6.07, 6.45) is 0.